The van der Waals surface area contributed by atoms with Crippen LogP contribution in [0.25, 0.3) is 0 Å². The maximum atomic E-state index is 13.5. The second kappa shape index (κ2) is 8.14. The number of rotatable bonds is 5. The fraction of sp³-hybridized carbons (Fsp3) is 0.316. The Labute approximate surface area is 151 Å². The number of likely N-dealkylation sites (N-methyl/N-ethyl adjacent to an activating group) is 1. The molecule has 0 bridgehead atoms. The third-order valence-electron chi connectivity index (χ3n) is 4.42. The first-order valence-electron chi connectivity index (χ1n) is 8.54. The van der Waals surface area contributed by atoms with Crippen LogP contribution in [0.2, 0.25) is 0 Å². The number of anilines is 3. The second-order valence-corrected chi connectivity index (χ2v) is 6.34. The molecule has 0 radical (unpaired) electrons. The minimum absolute atomic E-state index is 0.0817. The van der Waals surface area contributed by atoms with Gasteiger partial charge in [0.15, 0.2) is 0 Å². The number of hydrogen-bond acceptors (Lipinski definition) is 4. The summed E-state index contributed by atoms with van der Waals surface area (Å²) in [6.07, 6.45) is 0. The molecule has 138 valence electrons. The van der Waals surface area contributed by atoms with Crippen LogP contribution in [0, 0.1) is 11.6 Å². The van der Waals surface area contributed by atoms with Crippen molar-refractivity contribution in [3.8, 4) is 0 Å². The molecule has 0 aliphatic carbocycles. The van der Waals surface area contributed by atoms with Crippen molar-refractivity contribution in [2.24, 2.45) is 0 Å². The highest BCUT2D eigenvalue weighted by Gasteiger charge is 2.14. The highest BCUT2D eigenvalue weighted by Crippen LogP contribution is 2.20. The molecule has 1 fully saturated rings. The SMILES string of the molecule is CN1CCN(c2ccc(NCC(=O)Nc3c(F)cccc3F)cc2)CC1. The van der Waals surface area contributed by atoms with E-state index in [2.05, 4.69) is 27.5 Å². The quantitative estimate of drug-likeness (QED) is 0.861. The number of para-hydroxylation sites is 1. The van der Waals surface area contributed by atoms with E-state index in [1.807, 2.05) is 24.3 Å². The van der Waals surface area contributed by atoms with Gasteiger partial charge in [-0.2, -0.15) is 0 Å². The van der Waals surface area contributed by atoms with E-state index in [0.29, 0.717) is 0 Å². The summed E-state index contributed by atoms with van der Waals surface area (Å²) in [7, 11) is 2.11. The molecule has 3 rings (SSSR count). The second-order valence-electron chi connectivity index (χ2n) is 6.34. The van der Waals surface area contributed by atoms with Crippen molar-refractivity contribution >= 4 is 23.0 Å². The number of carbonyl (C=O) groups excluding carboxylic acids is 1. The van der Waals surface area contributed by atoms with Crippen LogP contribution < -0.4 is 15.5 Å². The van der Waals surface area contributed by atoms with E-state index in [0.717, 1.165) is 49.7 Å². The van der Waals surface area contributed by atoms with Crippen LogP contribution in [-0.4, -0.2) is 50.6 Å². The molecule has 0 saturated carbocycles. The molecule has 0 unspecified atom stereocenters. The van der Waals surface area contributed by atoms with Gasteiger partial charge in [0.1, 0.15) is 17.3 Å². The zero-order valence-electron chi connectivity index (χ0n) is 14.6. The Morgan fingerprint density at radius 2 is 1.62 bits per heavy atom. The summed E-state index contributed by atoms with van der Waals surface area (Å²) < 4.78 is 27.1. The Kier molecular flexibility index (Phi) is 5.68. The molecule has 1 aliphatic heterocycles. The molecule has 1 amide bonds. The van der Waals surface area contributed by atoms with Crippen LogP contribution in [0.5, 0.6) is 0 Å². The number of amides is 1. The molecule has 1 saturated heterocycles. The van der Waals surface area contributed by atoms with Crippen molar-refractivity contribution in [3.05, 3.63) is 54.1 Å². The molecule has 0 atom stereocenters. The normalized spacial score (nSPS) is 15.0. The predicted octanol–water partition coefficient (Wildman–Crippen LogP) is 2.77. The van der Waals surface area contributed by atoms with E-state index >= 15 is 0 Å². The van der Waals surface area contributed by atoms with Crippen molar-refractivity contribution < 1.29 is 13.6 Å². The van der Waals surface area contributed by atoms with Crippen molar-refractivity contribution in [2.75, 3.05) is 55.3 Å². The van der Waals surface area contributed by atoms with E-state index in [1.165, 1.54) is 6.07 Å². The van der Waals surface area contributed by atoms with E-state index in [1.54, 1.807) is 0 Å². The summed E-state index contributed by atoms with van der Waals surface area (Å²) in [5.41, 5.74) is 1.48. The summed E-state index contributed by atoms with van der Waals surface area (Å²) in [6.45, 7) is 3.96. The maximum absolute atomic E-state index is 13.5. The van der Waals surface area contributed by atoms with E-state index < -0.39 is 23.2 Å². The van der Waals surface area contributed by atoms with Gasteiger partial charge in [0.05, 0.1) is 6.54 Å². The number of halogens is 2. The molecule has 2 aromatic carbocycles. The van der Waals surface area contributed by atoms with E-state index in [-0.39, 0.29) is 6.54 Å². The molecule has 26 heavy (non-hydrogen) atoms. The molecule has 2 N–H and O–H groups in total. The largest absolute Gasteiger partial charge is 0.376 e. The van der Waals surface area contributed by atoms with Crippen LogP contribution in [0.1, 0.15) is 0 Å². The van der Waals surface area contributed by atoms with Crippen LogP contribution in [0.3, 0.4) is 0 Å². The van der Waals surface area contributed by atoms with Crippen LogP contribution in [0.15, 0.2) is 42.5 Å². The van der Waals surface area contributed by atoms with Gasteiger partial charge in [0.2, 0.25) is 5.91 Å². The summed E-state index contributed by atoms with van der Waals surface area (Å²) in [5.74, 6) is -2.11. The highest BCUT2D eigenvalue weighted by atomic mass is 19.1. The molecule has 1 heterocycles. The van der Waals surface area contributed by atoms with Gasteiger partial charge in [-0.3, -0.25) is 4.79 Å². The zero-order chi connectivity index (χ0) is 18.5. The Morgan fingerprint density at radius 3 is 2.23 bits per heavy atom. The Balaban J connectivity index is 1.52. The highest BCUT2D eigenvalue weighted by molar-refractivity contribution is 5.94. The van der Waals surface area contributed by atoms with Crippen molar-refractivity contribution in [3.63, 3.8) is 0 Å². The van der Waals surface area contributed by atoms with Crippen molar-refractivity contribution in [1.82, 2.24) is 4.90 Å². The average molecular weight is 360 g/mol. The lowest BCUT2D eigenvalue weighted by atomic mass is 10.2. The van der Waals surface area contributed by atoms with E-state index in [4.69, 9.17) is 0 Å². The fourth-order valence-electron chi connectivity index (χ4n) is 2.84. The number of nitrogens with one attached hydrogen (secondary N) is 2. The molecular formula is C19H22F2N4O. The minimum atomic E-state index is -0.796. The van der Waals surface area contributed by atoms with Gasteiger partial charge in [0.25, 0.3) is 0 Å². The predicted molar refractivity (Wildman–Crippen MR) is 99.6 cm³/mol. The molecule has 0 aromatic heterocycles. The molecule has 2 aromatic rings. The number of nitrogens with zero attached hydrogens (tertiary/aromatic N) is 2. The van der Waals surface area contributed by atoms with Gasteiger partial charge in [0, 0.05) is 37.6 Å². The van der Waals surface area contributed by atoms with E-state index in [9.17, 15) is 13.6 Å². The first-order chi connectivity index (χ1) is 12.5. The summed E-state index contributed by atoms with van der Waals surface area (Å²) in [6, 6.07) is 11.2. The van der Waals surface area contributed by atoms with Gasteiger partial charge in [-0.05, 0) is 43.4 Å². The molecule has 5 nitrogen and oxygen atoms in total. The maximum Gasteiger partial charge on any atom is 0.243 e. The Bertz CT molecular complexity index is 738. The number of benzene rings is 2. The van der Waals surface area contributed by atoms with Crippen LogP contribution in [-0.2, 0) is 4.79 Å². The van der Waals surface area contributed by atoms with Gasteiger partial charge in [-0.1, -0.05) is 6.07 Å². The standard InChI is InChI=1S/C19H22F2N4O/c1-24-9-11-25(12-10-24)15-7-5-14(6-8-15)22-13-18(26)23-19-16(20)3-2-4-17(19)21/h2-8,22H,9-13H2,1H3,(H,23,26). The number of piperazine rings is 1. The first-order valence-corrected chi connectivity index (χ1v) is 8.54. The van der Waals surface area contributed by atoms with Crippen molar-refractivity contribution in [2.45, 2.75) is 0 Å². The Morgan fingerprint density at radius 1 is 1.00 bits per heavy atom. The minimum Gasteiger partial charge on any atom is -0.376 e. The monoisotopic (exact) mass is 360 g/mol. The number of hydrogen-bond donors (Lipinski definition) is 2. The van der Waals surface area contributed by atoms with Gasteiger partial charge in [-0.15, -0.1) is 0 Å². The number of carbonyl (C=O) groups is 1. The van der Waals surface area contributed by atoms with Gasteiger partial charge < -0.3 is 20.4 Å². The zero-order valence-corrected chi connectivity index (χ0v) is 14.6. The van der Waals surface area contributed by atoms with Crippen LogP contribution >= 0.6 is 0 Å². The molecule has 7 heteroatoms. The summed E-state index contributed by atoms with van der Waals surface area (Å²) in [4.78, 5) is 16.5. The Hall–Kier alpha value is -2.67. The smallest absolute Gasteiger partial charge is 0.243 e. The average Bonchev–Trinajstić information content (AvgIpc) is 2.64. The molecular weight excluding hydrogens is 338 g/mol. The third kappa shape index (κ3) is 4.49. The lowest BCUT2D eigenvalue weighted by molar-refractivity contribution is -0.114. The molecule has 1 aliphatic rings. The summed E-state index contributed by atoms with van der Waals surface area (Å²) in [5, 5.41) is 5.21. The van der Waals surface area contributed by atoms with Crippen LogP contribution in [0.4, 0.5) is 25.8 Å². The molecule has 0 spiro atoms. The first kappa shape index (κ1) is 18.1. The fourth-order valence-corrected chi connectivity index (χ4v) is 2.84. The topological polar surface area (TPSA) is 47.6 Å². The van der Waals surface area contributed by atoms with Gasteiger partial charge >= 0.3 is 0 Å². The lowest BCUT2D eigenvalue weighted by Crippen LogP contribution is -2.44. The lowest BCUT2D eigenvalue weighted by Gasteiger charge is -2.34. The van der Waals surface area contributed by atoms with Crippen molar-refractivity contribution in [1.29, 1.82) is 0 Å². The summed E-state index contributed by atoms with van der Waals surface area (Å²) >= 11 is 0. The third-order valence-corrected chi connectivity index (χ3v) is 4.42. The van der Waals surface area contributed by atoms with Gasteiger partial charge in [-0.25, -0.2) is 8.78 Å².